The highest BCUT2D eigenvalue weighted by Gasteiger charge is 2.27. The number of hydrogen-bond donors (Lipinski definition) is 2. The Bertz CT molecular complexity index is 507. The van der Waals surface area contributed by atoms with Crippen molar-refractivity contribution < 1.29 is 9.90 Å². The Balaban J connectivity index is 2.24. The van der Waals surface area contributed by atoms with E-state index in [9.17, 15) is 9.90 Å². The van der Waals surface area contributed by atoms with E-state index in [1.165, 1.54) is 6.07 Å². The predicted molar refractivity (Wildman–Crippen MR) is 66.2 cm³/mol. The Morgan fingerprint density at radius 3 is 3.06 bits per heavy atom. The lowest BCUT2D eigenvalue weighted by atomic mass is 10.1. The van der Waals surface area contributed by atoms with Crippen LogP contribution in [-0.2, 0) is 0 Å². The van der Waals surface area contributed by atoms with Crippen LogP contribution >= 0.6 is 0 Å². The third-order valence-corrected chi connectivity index (χ3v) is 3.11. The monoisotopic (exact) mass is 245 g/mol. The van der Waals surface area contributed by atoms with Crippen LogP contribution in [0.4, 0.5) is 0 Å². The molecule has 5 nitrogen and oxygen atoms in total. The summed E-state index contributed by atoms with van der Waals surface area (Å²) in [5.41, 5.74) is 1.14. The number of aromatic hydroxyl groups is 1. The van der Waals surface area contributed by atoms with Gasteiger partial charge in [-0.1, -0.05) is 6.07 Å². The summed E-state index contributed by atoms with van der Waals surface area (Å²) < 4.78 is 0. The number of nitrogens with one attached hydrogen (secondary N) is 1. The summed E-state index contributed by atoms with van der Waals surface area (Å²) in [6.07, 6.45) is 0. The van der Waals surface area contributed by atoms with E-state index in [4.69, 9.17) is 5.26 Å². The van der Waals surface area contributed by atoms with E-state index < -0.39 is 6.04 Å². The second-order valence-corrected chi connectivity index (χ2v) is 4.35. The maximum absolute atomic E-state index is 12.3. The summed E-state index contributed by atoms with van der Waals surface area (Å²) in [6.45, 7) is 3.44. The number of carbonyl (C=O) groups excluding carboxylic acids is 1. The Labute approximate surface area is 106 Å². The standard InChI is InChI=1S/C13H15N3O2/c1-9-2-3-10(6-12(9)17)13(18)16-5-4-15-8-11(16)7-14/h2-3,6,11,15,17H,4-5,8H2,1H3. The molecule has 1 aromatic rings. The van der Waals surface area contributed by atoms with E-state index in [1.807, 2.05) is 0 Å². The zero-order chi connectivity index (χ0) is 13.1. The minimum Gasteiger partial charge on any atom is -0.508 e. The predicted octanol–water partition coefficient (Wildman–Crippen LogP) is 0.638. The van der Waals surface area contributed by atoms with Gasteiger partial charge in [-0.3, -0.25) is 4.79 Å². The smallest absolute Gasteiger partial charge is 0.255 e. The maximum Gasteiger partial charge on any atom is 0.255 e. The number of aryl methyl sites for hydroxylation is 1. The summed E-state index contributed by atoms with van der Waals surface area (Å²) in [5, 5.41) is 21.7. The van der Waals surface area contributed by atoms with Crippen LogP contribution in [0.1, 0.15) is 15.9 Å². The lowest BCUT2D eigenvalue weighted by Crippen LogP contribution is -2.53. The SMILES string of the molecule is Cc1ccc(C(=O)N2CCNCC2C#N)cc1O. The molecule has 0 aliphatic carbocycles. The molecule has 1 saturated heterocycles. The number of nitriles is 1. The fraction of sp³-hybridized carbons (Fsp3) is 0.385. The van der Waals surface area contributed by atoms with Gasteiger partial charge in [-0.2, -0.15) is 5.26 Å². The van der Waals surface area contributed by atoms with Crippen molar-refractivity contribution in [2.24, 2.45) is 0 Å². The number of hydrogen-bond acceptors (Lipinski definition) is 4. The number of carbonyl (C=O) groups is 1. The van der Waals surface area contributed by atoms with E-state index in [0.29, 0.717) is 25.2 Å². The first-order valence-corrected chi connectivity index (χ1v) is 5.84. The van der Waals surface area contributed by atoms with E-state index >= 15 is 0 Å². The van der Waals surface area contributed by atoms with E-state index in [1.54, 1.807) is 24.0 Å². The molecule has 1 aliphatic heterocycles. The van der Waals surface area contributed by atoms with Crippen molar-refractivity contribution in [2.75, 3.05) is 19.6 Å². The number of nitrogens with zero attached hydrogens (tertiary/aromatic N) is 2. The lowest BCUT2D eigenvalue weighted by Gasteiger charge is -2.32. The highest BCUT2D eigenvalue weighted by Crippen LogP contribution is 2.19. The Morgan fingerprint density at radius 2 is 2.39 bits per heavy atom. The Hall–Kier alpha value is -2.06. The fourth-order valence-electron chi connectivity index (χ4n) is 1.97. The number of phenolic OH excluding ortho intramolecular Hbond substituents is 1. The summed E-state index contributed by atoms with van der Waals surface area (Å²) in [7, 11) is 0. The van der Waals surface area contributed by atoms with Gasteiger partial charge in [-0.05, 0) is 24.6 Å². The molecule has 1 aromatic carbocycles. The molecule has 0 radical (unpaired) electrons. The van der Waals surface area contributed by atoms with Crippen LogP contribution < -0.4 is 5.32 Å². The van der Waals surface area contributed by atoms with E-state index in [0.717, 1.165) is 5.56 Å². The molecule has 2 rings (SSSR count). The molecule has 0 aromatic heterocycles. The van der Waals surface area contributed by atoms with Crippen LogP contribution in [0.5, 0.6) is 5.75 Å². The van der Waals surface area contributed by atoms with Gasteiger partial charge in [-0.15, -0.1) is 0 Å². The van der Waals surface area contributed by atoms with Gasteiger partial charge >= 0.3 is 0 Å². The Morgan fingerprint density at radius 1 is 1.61 bits per heavy atom. The molecule has 94 valence electrons. The van der Waals surface area contributed by atoms with Gasteiger partial charge in [0.15, 0.2) is 0 Å². The number of amides is 1. The largest absolute Gasteiger partial charge is 0.508 e. The molecule has 1 atom stereocenters. The third kappa shape index (κ3) is 2.29. The molecule has 18 heavy (non-hydrogen) atoms. The molecule has 1 aliphatic rings. The fourth-order valence-corrected chi connectivity index (χ4v) is 1.97. The molecule has 1 amide bonds. The van der Waals surface area contributed by atoms with Crippen molar-refractivity contribution in [1.82, 2.24) is 10.2 Å². The molecular formula is C13H15N3O2. The van der Waals surface area contributed by atoms with Gasteiger partial charge in [0, 0.05) is 25.2 Å². The number of rotatable bonds is 1. The highest BCUT2D eigenvalue weighted by molar-refractivity contribution is 5.95. The van der Waals surface area contributed by atoms with Crippen LogP contribution in [0, 0.1) is 18.3 Å². The van der Waals surface area contributed by atoms with Gasteiger partial charge in [0.2, 0.25) is 0 Å². The average Bonchev–Trinajstić information content (AvgIpc) is 2.41. The molecule has 0 bridgehead atoms. The van der Waals surface area contributed by atoms with Crippen molar-refractivity contribution in [3.05, 3.63) is 29.3 Å². The highest BCUT2D eigenvalue weighted by atomic mass is 16.3. The number of phenols is 1. The quantitative estimate of drug-likeness (QED) is 0.761. The average molecular weight is 245 g/mol. The summed E-state index contributed by atoms with van der Waals surface area (Å²) in [6, 6.07) is 6.49. The van der Waals surface area contributed by atoms with Crippen molar-refractivity contribution in [1.29, 1.82) is 5.26 Å². The molecule has 2 N–H and O–H groups in total. The molecular weight excluding hydrogens is 230 g/mol. The van der Waals surface area contributed by atoms with Crippen molar-refractivity contribution in [3.8, 4) is 11.8 Å². The van der Waals surface area contributed by atoms with Crippen LogP contribution in [-0.4, -0.2) is 41.6 Å². The molecule has 5 heteroatoms. The topological polar surface area (TPSA) is 76.4 Å². The molecule has 1 fully saturated rings. The normalized spacial score (nSPS) is 19.3. The van der Waals surface area contributed by atoms with Gasteiger partial charge in [0.25, 0.3) is 5.91 Å². The van der Waals surface area contributed by atoms with Crippen LogP contribution in [0.3, 0.4) is 0 Å². The molecule has 1 unspecified atom stereocenters. The first-order chi connectivity index (χ1) is 8.63. The second-order valence-electron chi connectivity index (χ2n) is 4.35. The summed E-state index contributed by atoms with van der Waals surface area (Å²) >= 11 is 0. The van der Waals surface area contributed by atoms with Crippen LogP contribution in [0.15, 0.2) is 18.2 Å². The lowest BCUT2D eigenvalue weighted by molar-refractivity contribution is 0.0686. The van der Waals surface area contributed by atoms with Gasteiger partial charge in [-0.25, -0.2) is 0 Å². The van der Waals surface area contributed by atoms with Crippen LogP contribution in [0.2, 0.25) is 0 Å². The van der Waals surface area contributed by atoms with E-state index in [-0.39, 0.29) is 11.7 Å². The minimum atomic E-state index is -0.449. The third-order valence-electron chi connectivity index (χ3n) is 3.11. The van der Waals surface area contributed by atoms with E-state index in [2.05, 4.69) is 11.4 Å². The molecule has 0 spiro atoms. The molecule has 1 heterocycles. The first kappa shape index (κ1) is 12.4. The zero-order valence-electron chi connectivity index (χ0n) is 10.2. The second kappa shape index (κ2) is 5.07. The molecule has 0 saturated carbocycles. The van der Waals surface area contributed by atoms with Gasteiger partial charge in [0.1, 0.15) is 11.8 Å². The number of benzene rings is 1. The van der Waals surface area contributed by atoms with Gasteiger partial charge < -0.3 is 15.3 Å². The van der Waals surface area contributed by atoms with Crippen molar-refractivity contribution in [2.45, 2.75) is 13.0 Å². The Kier molecular flexibility index (Phi) is 3.49. The summed E-state index contributed by atoms with van der Waals surface area (Å²) in [4.78, 5) is 13.8. The minimum absolute atomic E-state index is 0.101. The van der Waals surface area contributed by atoms with Crippen LogP contribution in [0.25, 0.3) is 0 Å². The van der Waals surface area contributed by atoms with Crippen molar-refractivity contribution in [3.63, 3.8) is 0 Å². The maximum atomic E-state index is 12.3. The van der Waals surface area contributed by atoms with Crippen molar-refractivity contribution >= 4 is 5.91 Å². The first-order valence-electron chi connectivity index (χ1n) is 5.84. The zero-order valence-corrected chi connectivity index (χ0v) is 10.2. The number of piperazine rings is 1. The van der Waals surface area contributed by atoms with Gasteiger partial charge in [0.05, 0.1) is 6.07 Å². The summed E-state index contributed by atoms with van der Waals surface area (Å²) in [5.74, 6) is -0.108.